The molecule has 0 saturated heterocycles. The van der Waals surface area contributed by atoms with Crippen LogP contribution in [0.15, 0.2) is 29.7 Å². The molecule has 0 spiro atoms. The van der Waals surface area contributed by atoms with Crippen molar-refractivity contribution >= 4 is 5.71 Å². The van der Waals surface area contributed by atoms with Crippen LogP contribution in [0.5, 0.6) is 0 Å². The number of pyridine rings is 1. The average molecular weight is 206 g/mol. The van der Waals surface area contributed by atoms with Crippen LogP contribution in [0.1, 0.15) is 18.9 Å². The summed E-state index contributed by atoms with van der Waals surface area (Å²) in [5.41, 5.74) is 1.98. The number of ether oxygens (including phenoxy) is 1. The van der Waals surface area contributed by atoms with Gasteiger partial charge in [-0.2, -0.15) is 0 Å². The number of rotatable bonds is 4. The van der Waals surface area contributed by atoms with Gasteiger partial charge >= 0.3 is 0 Å². The zero-order chi connectivity index (χ0) is 10.5. The minimum Gasteiger partial charge on any atom is -0.389 e. The Morgan fingerprint density at radius 3 is 3.27 bits per heavy atom. The molecule has 1 aromatic rings. The Labute approximate surface area is 88.9 Å². The van der Waals surface area contributed by atoms with Gasteiger partial charge in [0.2, 0.25) is 0 Å². The van der Waals surface area contributed by atoms with E-state index in [1.54, 1.807) is 12.4 Å². The van der Waals surface area contributed by atoms with Crippen LogP contribution in [0.25, 0.3) is 0 Å². The molecule has 4 heteroatoms. The highest BCUT2D eigenvalue weighted by molar-refractivity contribution is 6.00. The van der Waals surface area contributed by atoms with E-state index >= 15 is 0 Å². The summed E-state index contributed by atoms with van der Waals surface area (Å²) in [7, 11) is 0. The Hall–Kier alpha value is -1.42. The molecule has 2 heterocycles. The van der Waals surface area contributed by atoms with Crippen LogP contribution >= 0.6 is 0 Å². The molecular weight excluding hydrogens is 192 g/mol. The number of oxime groups is 1. The van der Waals surface area contributed by atoms with Gasteiger partial charge in [-0.25, -0.2) is 0 Å². The van der Waals surface area contributed by atoms with Crippen molar-refractivity contribution in [2.45, 2.75) is 19.4 Å². The Morgan fingerprint density at radius 1 is 1.60 bits per heavy atom. The zero-order valence-electron chi connectivity index (χ0n) is 8.72. The van der Waals surface area contributed by atoms with Gasteiger partial charge < -0.3 is 9.57 Å². The fourth-order valence-corrected chi connectivity index (χ4v) is 1.47. The molecule has 0 saturated carbocycles. The average Bonchev–Trinajstić information content (AvgIpc) is 2.76. The van der Waals surface area contributed by atoms with E-state index in [-0.39, 0.29) is 6.10 Å². The topological polar surface area (TPSA) is 43.7 Å². The summed E-state index contributed by atoms with van der Waals surface area (Å²) in [5, 5.41) is 4.04. The van der Waals surface area contributed by atoms with Crippen molar-refractivity contribution in [3.63, 3.8) is 0 Å². The van der Waals surface area contributed by atoms with Crippen LogP contribution in [0, 0.1) is 0 Å². The molecular formula is C11H14N2O2. The van der Waals surface area contributed by atoms with E-state index in [1.165, 1.54) is 0 Å². The maximum Gasteiger partial charge on any atom is 0.156 e. The number of hydrogen-bond donors (Lipinski definition) is 0. The van der Waals surface area contributed by atoms with Gasteiger partial charge in [0, 0.05) is 31.0 Å². The van der Waals surface area contributed by atoms with E-state index in [1.807, 2.05) is 19.1 Å². The largest absolute Gasteiger partial charge is 0.389 e. The maximum absolute atomic E-state index is 5.29. The van der Waals surface area contributed by atoms with Crippen molar-refractivity contribution in [3.8, 4) is 0 Å². The lowest BCUT2D eigenvalue weighted by Crippen LogP contribution is -2.16. The summed E-state index contributed by atoms with van der Waals surface area (Å²) < 4.78 is 5.29. The molecule has 0 aliphatic carbocycles. The van der Waals surface area contributed by atoms with Crippen molar-refractivity contribution in [2.24, 2.45) is 5.16 Å². The molecule has 1 atom stereocenters. The van der Waals surface area contributed by atoms with Gasteiger partial charge in [-0.05, 0) is 19.1 Å². The Bertz CT molecular complexity index is 338. The van der Waals surface area contributed by atoms with Crippen LogP contribution in [0.3, 0.4) is 0 Å². The highest BCUT2D eigenvalue weighted by atomic mass is 16.7. The third-order valence-corrected chi connectivity index (χ3v) is 2.24. The Kier molecular flexibility index (Phi) is 3.29. The van der Waals surface area contributed by atoms with Gasteiger partial charge in [0.05, 0.1) is 12.3 Å². The minimum absolute atomic E-state index is 0.0557. The first-order valence-electron chi connectivity index (χ1n) is 5.11. The lowest BCUT2D eigenvalue weighted by Gasteiger charge is -2.06. The molecule has 4 nitrogen and oxygen atoms in total. The predicted octanol–water partition coefficient (Wildman–Crippen LogP) is 1.61. The summed E-state index contributed by atoms with van der Waals surface area (Å²) in [5.74, 6) is 0. The Balaban J connectivity index is 1.92. The van der Waals surface area contributed by atoms with Crippen molar-refractivity contribution in [3.05, 3.63) is 30.1 Å². The Morgan fingerprint density at radius 2 is 2.53 bits per heavy atom. The van der Waals surface area contributed by atoms with Crippen molar-refractivity contribution in [1.82, 2.24) is 4.98 Å². The summed E-state index contributed by atoms with van der Waals surface area (Å²) in [6.07, 6.45) is 4.40. The zero-order valence-corrected chi connectivity index (χ0v) is 8.72. The van der Waals surface area contributed by atoms with Gasteiger partial charge in [-0.1, -0.05) is 5.16 Å². The van der Waals surface area contributed by atoms with Crippen molar-refractivity contribution in [1.29, 1.82) is 0 Å². The van der Waals surface area contributed by atoms with Crippen molar-refractivity contribution in [2.75, 3.05) is 13.2 Å². The van der Waals surface area contributed by atoms with E-state index < -0.39 is 0 Å². The normalized spacial score (nSPS) is 19.8. The standard InChI is InChI=1S/C11H14N2O2/c1-2-14-8-10-6-11(13-15-10)9-4-3-5-12-7-9/h3-5,7,10H,2,6,8H2,1H3. The second kappa shape index (κ2) is 4.89. The van der Waals surface area contributed by atoms with E-state index in [0.29, 0.717) is 13.2 Å². The third kappa shape index (κ3) is 2.53. The lowest BCUT2D eigenvalue weighted by atomic mass is 10.1. The minimum atomic E-state index is 0.0557. The van der Waals surface area contributed by atoms with Crippen LogP contribution in [-0.4, -0.2) is 30.0 Å². The SMILES string of the molecule is CCOCC1CC(c2cccnc2)=NO1. The second-order valence-electron chi connectivity index (χ2n) is 3.37. The van der Waals surface area contributed by atoms with Crippen LogP contribution in [0.4, 0.5) is 0 Å². The van der Waals surface area contributed by atoms with E-state index in [9.17, 15) is 0 Å². The van der Waals surface area contributed by atoms with Gasteiger partial charge in [-0.15, -0.1) is 0 Å². The molecule has 0 fully saturated rings. The summed E-state index contributed by atoms with van der Waals surface area (Å²) in [6.45, 7) is 3.28. The van der Waals surface area contributed by atoms with E-state index in [4.69, 9.17) is 9.57 Å². The van der Waals surface area contributed by atoms with E-state index in [0.717, 1.165) is 17.7 Å². The first-order valence-corrected chi connectivity index (χ1v) is 5.11. The first kappa shape index (κ1) is 10.1. The van der Waals surface area contributed by atoms with Gasteiger partial charge in [0.1, 0.15) is 0 Å². The van der Waals surface area contributed by atoms with Crippen LogP contribution < -0.4 is 0 Å². The van der Waals surface area contributed by atoms with Crippen molar-refractivity contribution < 1.29 is 9.57 Å². The summed E-state index contributed by atoms with van der Waals surface area (Å²) >= 11 is 0. The maximum atomic E-state index is 5.29. The lowest BCUT2D eigenvalue weighted by molar-refractivity contribution is 0.00672. The monoisotopic (exact) mass is 206 g/mol. The molecule has 15 heavy (non-hydrogen) atoms. The first-order chi connectivity index (χ1) is 7.40. The molecule has 1 aromatic heterocycles. The molecule has 1 unspecified atom stereocenters. The predicted molar refractivity (Wildman–Crippen MR) is 56.8 cm³/mol. The molecule has 1 aliphatic rings. The molecule has 0 bridgehead atoms. The van der Waals surface area contributed by atoms with Gasteiger partial charge in [0.15, 0.2) is 6.10 Å². The molecule has 0 radical (unpaired) electrons. The molecule has 0 aromatic carbocycles. The molecule has 1 aliphatic heterocycles. The van der Waals surface area contributed by atoms with Gasteiger partial charge in [-0.3, -0.25) is 4.98 Å². The summed E-state index contributed by atoms with van der Waals surface area (Å²) in [6, 6.07) is 3.88. The number of nitrogens with zero attached hydrogens (tertiary/aromatic N) is 2. The van der Waals surface area contributed by atoms with Crippen LogP contribution in [0.2, 0.25) is 0 Å². The highest BCUT2D eigenvalue weighted by Gasteiger charge is 2.21. The quantitative estimate of drug-likeness (QED) is 0.751. The van der Waals surface area contributed by atoms with Crippen LogP contribution in [-0.2, 0) is 9.57 Å². The highest BCUT2D eigenvalue weighted by Crippen LogP contribution is 2.15. The smallest absolute Gasteiger partial charge is 0.156 e. The molecule has 0 N–H and O–H groups in total. The third-order valence-electron chi connectivity index (χ3n) is 2.24. The molecule has 0 amide bonds. The number of aromatic nitrogens is 1. The number of hydrogen-bond acceptors (Lipinski definition) is 4. The van der Waals surface area contributed by atoms with Gasteiger partial charge in [0.25, 0.3) is 0 Å². The molecule has 80 valence electrons. The fourth-order valence-electron chi connectivity index (χ4n) is 1.47. The summed E-state index contributed by atoms with van der Waals surface area (Å²) in [4.78, 5) is 9.31. The fraction of sp³-hybridized carbons (Fsp3) is 0.455. The second-order valence-corrected chi connectivity index (χ2v) is 3.37. The molecule has 2 rings (SSSR count). The van der Waals surface area contributed by atoms with E-state index in [2.05, 4.69) is 10.1 Å².